The molecule has 15 heavy (non-hydrogen) atoms. The smallest absolute Gasteiger partial charge is 0.0480 e. The number of hydrogen-bond donors (Lipinski definition) is 1. The third kappa shape index (κ3) is 1.65. The van der Waals surface area contributed by atoms with Gasteiger partial charge in [-0.25, -0.2) is 0 Å². The molecule has 0 unspecified atom stereocenters. The van der Waals surface area contributed by atoms with Gasteiger partial charge in [0.2, 0.25) is 0 Å². The fraction of sp³-hybridized carbons (Fsp3) is 0.385. The highest BCUT2D eigenvalue weighted by Gasteiger charge is 2.14. The second kappa shape index (κ2) is 3.70. The summed E-state index contributed by atoms with van der Waals surface area (Å²) in [6.07, 6.45) is 4.83. The van der Waals surface area contributed by atoms with Crippen LogP contribution in [0, 0.1) is 0 Å². The number of nitrogens with zero attached hydrogens (tertiary/aromatic N) is 1. The van der Waals surface area contributed by atoms with E-state index in [1.165, 1.54) is 30.3 Å². The molecule has 1 aromatic carbocycles. The molecule has 0 saturated carbocycles. The summed E-state index contributed by atoms with van der Waals surface area (Å²) in [5.74, 6) is 0. The molecular formula is C13H16N2. The van der Waals surface area contributed by atoms with E-state index < -0.39 is 0 Å². The summed E-state index contributed by atoms with van der Waals surface area (Å²) in [6.45, 7) is 2.29. The minimum Gasteiger partial charge on any atom is -0.346 e. The summed E-state index contributed by atoms with van der Waals surface area (Å²) in [5, 5.41) is 4.88. The summed E-state index contributed by atoms with van der Waals surface area (Å²) in [5.41, 5.74) is 1.35. The lowest BCUT2D eigenvalue weighted by atomic mass is 10.2. The van der Waals surface area contributed by atoms with Crippen LogP contribution in [0.15, 0.2) is 36.5 Å². The van der Waals surface area contributed by atoms with Crippen LogP contribution in [-0.4, -0.2) is 17.2 Å². The highest BCUT2D eigenvalue weighted by Crippen LogP contribution is 2.17. The zero-order chi connectivity index (χ0) is 10.1. The Morgan fingerprint density at radius 2 is 2.20 bits per heavy atom. The number of hydrogen-bond acceptors (Lipinski definition) is 1. The highest BCUT2D eigenvalue weighted by molar-refractivity contribution is 5.79. The Bertz CT molecular complexity index is 452. The predicted octanol–water partition coefficient (Wildman–Crippen LogP) is 2.39. The summed E-state index contributed by atoms with van der Waals surface area (Å²) < 4.78 is 2.36. The van der Waals surface area contributed by atoms with Crippen LogP contribution in [0.2, 0.25) is 0 Å². The maximum absolute atomic E-state index is 3.54. The average Bonchev–Trinajstić information content (AvgIpc) is 2.89. The van der Waals surface area contributed by atoms with Crippen LogP contribution in [0.1, 0.15) is 12.8 Å². The van der Waals surface area contributed by atoms with Crippen LogP contribution in [-0.2, 0) is 6.54 Å². The zero-order valence-electron chi connectivity index (χ0n) is 8.82. The van der Waals surface area contributed by atoms with E-state index in [0.717, 1.165) is 6.54 Å². The molecule has 1 aliphatic rings. The second-order valence-electron chi connectivity index (χ2n) is 4.32. The van der Waals surface area contributed by atoms with Crippen molar-refractivity contribution in [3.05, 3.63) is 36.5 Å². The maximum Gasteiger partial charge on any atom is 0.0480 e. The molecule has 1 atom stereocenters. The van der Waals surface area contributed by atoms with E-state index in [2.05, 4.69) is 46.4 Å². The quantitative estimate of drug-likeness (QED) is 0.787. The molecule has 1 saturated heterocycles. The van der Waals surface area contributed by atoms with Gasteiger partial charge in [-0.05, 0) is 36.9 Å². The van der Waals surface area contributed by atoms with Crippen LogP contribution in [0.3, 0.4) is 0 Å². The lowest BCUT2D eigenvalue weighted by Gasteiger charge is -2.12. The van der Waals surface area contributed by atoms with Crippen LogP contribution in [0.4, 0.5) is 0 Å². The largest absolute Gasteiger partial charge is 0.346 e. The monoisotopic (exact) mass is 200 g/mol. The Kier molecular flexibility index (Phi) is 2.22. The molecule has 1 fully saturated rings. The van der Waals surface area contributed by atoms with E-state index in [1.807, 2.05) is 0 Å². The average molecular weight is 200 g/mol. The first kappa shape index (κ1) is 8.98. The molecule has 1 N–H and O–H groups in total. The van der Waals surface area contributed by atoms with Gasteiger partial charge in [0, 0.05) is 24.3 Å². The maximum atomic E-state index is 3.54. The zero-order valence-corrected chi connectivity index (χ0v) is 8.82. The van der Waals surface area contributed by atoms with Gasteiger partial charge in [0.1, 0.15) is 0 Å². The Balaban J connectivity index is 1.90. The van der Waals surface area contributed by atoms with Crippen LogP contribution < -0.4 is 5.32 Å². The van der Waals surface area contributed by atoms with Crippen LogP contribution >= 0.6 is 0 Å². The first-order chi connectivity index (χ1) is 7.43. The van der Waals surface area contributed by atoms with E-state index in [4.69, 9.17) is 0 Å². The van der Waals surface area contributed by atoms with Gasteiger partial charge in [-0.1, -0.05) is 18.2 Å². The molecule has 0 amide bonds. The van der Waals surface area contributed by atoms with Gasteiger partial charge >= 0.3 is 0 Å². The first-order valence-electron chi connectivity index (χ1n) is 5.71. The van der Waals surface area contributed by atoms with Crippen molar-refractivity contribution < 1.29 is 0 Å². The topological polar surface area (TPSA) is 17.0 Å². The van der Waals surface area contributed by atoms with Crippen molar-refractivity contribution in [3.63, 3.8) is 0 Å². The van der Waals surface area contributed by atoms with Gasteiger partial charge in [-0.3, -0.25) is 0 Å². The highest BCUT2D eigenvalue weighted by atomic mass is 15.0. The summed E-state index contributed by atoms with van der Waals surface area (Å²) in [4.78, 5) is 0. The minimum atomic E-state index is 0.667. The Morgan fingerprint density at radius 1 is 1.27 bits per heavy atom. The number of fused-ring (bicyclic) bond motifs is 1. The number of rotatable bonds is 2. The van der Waals surface area contributed by atoms with Gasteiger partial charge in [-0.15, -0.1) is 0 Å². The van der Waals surface area contributed by atoms with E-state index in [9.17, 15) is 0 Å². The minimum absolute atomic E-state index is 0.667. The molecule has 2 heterocycles. The Labute approximate surface area is 89.9 Å². The van der Waals surface area contributed by atoms with Crippen molar-refractivity contribution in [1.82, 2.24) is 9.88 Å². The molecule has 78 valence electrons. The molecule has 1 aliphatic heterocycles. The molecule has 0 spiro atoms. The van der Waals surface area contributed by atoms with Gasteiger partial charge < -0.3 is 9.88 Å². The van der Waals surface area contributed by atoms with Gasteiger partial charge in [0.05, 0.1) is 0 Å². The van der Waals surface area contributed by atoms with Crippen molar-refractivity contribution >= 4 is 10.9 Å². The van der Waals surface area contributed by atoms with Gasteiger partial charge in [0.25, 0.3) is 0 Å². The number of para-hydroxylation sites is 1. The Morgan fingerprint density at radius 3 is 3.07 bits per heavy atom. The molecule has 2 nitrogen and oxygen atoms in total. The second-order valence-corrected chi connectivity index (χ2v) is 4.32. The molecule has 1 aromatic heterocycles. The Hall–Kier alpha value is -1.28. The molecular weight excluding hydrogens is 184 g/mol. The van der Waals surface area contributed by atoms with Crippen molar-refractivity contribution in [3.8, 4) is 0 Å². The normalized spacial score (nSPS) is 21.2. The molecule has 3 rings (SSSR count). The van der Waals surface area contributed by atoms with Crippen molar-refractivity contribution in [2.24, 2.45) is 0 Å². The third-order valence-corrected chi connectivity index (χ3v) is 3.26. The lowest BCUT2D eigenvalue weighted by Crippen LogP contribution is -2.26. The fourth-order valence-corrected chi connectivity index (χ4v) is 2.45. The predicted molar refractivity (Wildman–Crippen MR) is 63.0 cm³/mol. The molecule has 0 radical (unpaired) electrons. The lowest BCUT2D eigenvalue weighted by molar-refractivity contribution is 0.519. The van der Waals surface area contributed by atoms with Crippen LogP contribution in [0.5, 0.6) is 0 Å². The van der Waals surface area contributed by atoms with E-state index in [-0.39, 0.29) is 0 Å². The standard InChI is InChI=1S/C13H16N2/c1-2-6-13-11(4-1)7-9-15(13)10-12-5-3-8-14-12/h1-2,4,6-7,9,12,14H,3,5,8,10H2/t12-/m1/s1. The van der Waals surface area contributed by atoms with E-state index >= 15 is 0 Å². The van der Waals surface area contributed by atoms with E-state index in [0.29, 0.717) is 6.04 Å². The van der Waals surface area contributed by atoms with Crippen LogP contribution in [0.25, 0.3) is 10.9 Å². The molecule has 2 heteroatoms. The third-order valence-electron chi connectivity index (χ3n) is 3.26. The number of benzene rings is 1. The summed E-state index contributed by atoms with van der Waals surface area (Å²) in [7, 11) is 0. The summed E-state index contributed by atoms with van der Waals surface area (Å²) >= 11 is 0. The molecule has 2 aromatic rings. The fourth-order valence-electron chi connectivity index (χ4n) is 2.45. The van der Waals surface area contributed by atoms with Gasteiger partial charge in [0.15, 0.2) is 0 Å². The molecule has 0 bridgehead atoms. The SMILES string of the molecule is c1ccc2c(c1)ccn2C[C@H]1CCCN1. The summed E-state index contributed by atoms with van der Waals surface area (Å²) in [6, 6.07) is 11.4. The molecule has 0 aliphatic carbocycles. The number of nitrogens with one attached hydrogen (secondary N) is 1. The first-order valence-corrected chi connectivity index (χ1v) is 5.71. The van der Waals surface area contributed by atoms with Crippen molar-refractivity contribution in [2.45, 2.75) is 25.4 Å². The van der Waals surface area contributed by atoms with E-state index in [1.54, 1.807) is 0 Å². The van der Waals surface area contributed by atoms with Crippen molar-refractivity contribution in [2.75, 3.05) is 6.54 Å². The van der Waals surface area contributed by atoms with Gasteiger partial charge in [-0.2, -0.15) is 0 Å². The van der Waals surface area contributed by atoms with Crippen molar-refractivity contribution in [1.29, 1.82) is 0 Å². The number of aromatic nitrogens is 1.